The van der Waals surface area contributed by atoms with Gasteiger partial charge in [-0.05, 0) is 62.3 Å². The zero-order valence-corrected chi connectivity index (χ0v) is 12.5. The van der Waals surface area contributed by atoms with Gasteiger partial charge in [0.15, 0.2) is 0 Å². The van der Waals surface area contributed by atoms with Crippen molar-refractivity contribution >= 4 is 0 Å². The number of nitrogens with one attached hydrogen (secondary N) is 1. The third kappa shape index (κ3) is 3.27. The molecule has 2 fully saturated rings. The second-order valence-electron chi connectivity index (χ2n) is 7.02. The van der Waals surface area contributed by atoms with Crippen molar-refractivity contribution in [3.63, 3.8) is 0 Å². The second-order valence-corrected chi connectivity index (χ2v) is 7.02. The molecular formula is C16H31NO. The first-order valence-electron chi connectivity index (χ1n) is 7.88. The zero-order valence-electron chi connectivity index (χ0n) is 12.5. The van der Waals surface area contributed by atoms with Gasteiger partial charge in [0.2, 0.25) is 0 Å². The summed E-state index contributed by atoms with van der Waals surface area (Å²) in [6.45, 7) is 7.64. The van der Waals surface area contributed by atoms with E-state index in [1.807, 2.05) is 0 Å². The minimum absolute atomic E-state index is 0.565. The van der Waals surface area contributed by atoms with Crippen LogP contribution >= 0.6 is 0 Å². The standard InChI is InChI=1S/C16H31NO/c1-13(2)6-8-18-9-7-16(12-17-3)11-14-4-5-15(16)10-14/h13-15,17H,4-12H2,1-3H3. The molecule has 0 aromatic carbocycles. The van der Waals surface area contributed by atoms with E-state index in [4.69, 9.17) is 4.74 Å². The van der Waals surface area contributed by atoms with E-state index < -0.39 is 0 Å². The van der Waals surface area contributed by atoms with Gasteiger partial charge in [-0.25, -0.2) is 0 Å². The van der Waals surface area contributed by atoms with E-state index in [-0.39, 0.29) is 0 Å². The molecule has 18 heavy (non-hydrogen) atoms. The van der Waals surface area contributed by atoms with Gasteiger partial charge < -0.3 is 10.1 Å². The zero-order chi connectivity index (χ0) is 13.0. The first-order chi connectivity index (χ1) is 8.66. The normalized spacial score (nSPS) is 34.7. The number of fused-ring (bicyclic) bond motifs is 2. The fraction of sp³-hybridized carbons (Fsp3) is 1.00. The average Bonchev–Trinajstić information content (AvgIpc) is 2.89. The lowest BCUT2D eigenvalue weighted by molar-refractivity contribution is 0.0597. The van der Waals surface area contributed by atoms with Gasteiger partial charge in [-0.1, -0.05) is 20.3 Å². The number of hydrogen-bond acceptors (Lipinski definition) is 2. The highest BCUT2D eigenvalue weighted by Gasteiger charge is 2.49. The molecule has 0 aromatic heterocycles. The Bertz CT molecular complexity index is 253. The van der Waals surface area contributed by atoms with Crippen molar-refractivity contribution in [2.45, 2.75) is 52.4 Å². The van der Waals surface area contributed by atoms with E-state index in [1.54, 1.807) is 0 Å². The summed E-state index contributed by atoms with van der Waals surface area (Å²) < 4.78 is 5.86. The molecule has 2 heteroatoms. The van der Waals surface area contributed by atoms with Crippen LogP contribution in [0.2, 0.25) is 0 Å². The van der Waals surface area contributed by atoms with Crippen LogP contribution in [0.25, 0.3) is 0 Å². The molecular weight excluding hydrogens is 222 g/mol. The van der Waals surface area contributed by atoms with Crippen LogP contribution in [-0.4, -0.2) is 26.8 Å². The van der Waals surface area contributed by atoms with Crippen LogP contribution in [0.1, 0.15) is 52.4 Å². The summed E-state index contributed by atoms with van der Waals surface area (Å²) >= 11 is 0. The summed E-state index contributed by atoms with van der Waals surface area (Å²) in [6.07, 6.45) is 8.38. The summed E-state index contributed by atoms with van der Waals surface area (Å²) in [7, 11) is 2.10. The highest BCUT2D eigenvalue weighted by molar-refractivity contribution is 5.01. The molecule has 0 aromatic rings. The quantitative estimate of drug-likeness (QED) is 0.669. The molecule has 106 valence electrons. The lowest BCUT2D eigenvalue weighted by atomic mass is 9.71. The van der Waals surface area contributed by atoms with Gasteiger partial charge in [0, 0.05) is 19.8 Å². The van der Waals surface area contributed by atoms with Gasteiger partial charge in [0.05, 0.1) is 0 Å². The van der Waals surface area contributed by atoms with E-state index in [2.05, 4.69) is 26.2 Å². The van der Waals surface area contributed by atoms with Crippen LogP contribution in [0.3, 0.4) is 0 Å². The van der Waals surface area contributed by atoms with Gasteiger partial charge in [-0.2, -0.15) is 0 Å². The van der Waals surface area contributed by atoms with Crippen LogP contribution in [0.4, 0.5) is 0 Å². The van der Waals surface area contributed by atoms with Crippen molar-refractivity contribution in [1.82, 2.24) is 5.32 Å². The molecule has 0 aliphatic heterocycles. The van der Waals surface area contributed by atoms with E-state index in [1.165, 1.54) is 45.1 Å². The van der Waals surface area contributed by atoms with Crippen molar-refractivity contribution in [3.8, 4) is 0 Å². The summed E-state index contributed by atoms with van der Waals surface area (Å²) in [5, 5.41) is 3.44. The van der Waals surface area contributed by atoms with Crippen LogP contribution in [0, 0.1) is 23.2 Å². The molecule has 2 saturated carbocycles. The molecule has 2 aliphatic rings. The highest BCUT2D eigenvalue weighted by atomic mass is 16.5. The number of ether oxygens (including phenoxy) is 1. The Morgan fingerprint density at radius 3 is 2.67 bits per heavy atom. The van der Waals surface area contributed by atoms with E-state index in [0.717, 1.165) is 31.0 Å². The minimum atomic E-state index is 0.565. The summed E-state index contributed by atoms with van der Waals surface area (Å²) in [5.41, 5.74) is 0.565. The average molecular weight is 253 g/mol. The molecule has 0 spiro atoms. The van der Waals surface area contributed by atoms with Crippen LogP contribution in [-0.2, 0) is 4.74 Å². The molecule has 0 radical (unpaired) electrons. The van der Waals surface area contributed by atoms with Crippen LogP contribution in [0.5, 0.6) is 0 Å². The third-order valence-electron chi connectivity index (χ3n) is 5.22. The fourth-order valence-corrected chi connectivity index (χ4v) is 4.22. The maximum absolute atomic E-state index is 5.86. The summed E-state index contributed by atoms with van der Waals surface area (Å²) in [5.74, 6) is 2.77. The van der Waals surface area contributed by atoms with Crippen molar-refractivity contribution in [3.05, 3.63) is 0 Å². The first-order valence-corrected chi connectivity index (χ1v) is 7.88. The van der Waals surface area contributed by atoms with E-state index >= 15 is 0 Å². The van der Waals surface area contributed by atoms with Crippen molar-refractivity contribution in [2.24, 2.45) is 23.2 Å². The molecule has 2 aliphatic carbocycles. The summed E-state index contributed by atoms with van der Waals surface area (Å²) in [6, 6.07) is 0. The van der Waals surface area contributed by atoms with Gasteiger partial charge in [0.1, 0.15) is 0 Å². The van der Waals surface area contributed by atoms with Crippen LogP contribution < -0.4 is 5.32 Å². The predicted octanol–water partition coefficient (Wildman–Crippen LogP) is 3.47. The maximum Gasteiger partial charge on any atom is 0.0471 e. The Balaban J connectivity index is 1.74. The molecule has 2 rings (SSSR count). The SMILES string of the molecule is CNCC1(CCOCCC(C)C)CC2CCC1C2. The molecule has 2 bridgehead atoms. The Labute approximate surface area is 113 Å². The van der Waals surface area contributed by atoms with Crippen molar-refractivity contribution in [1.29, 1.82) is 0 Å². The van der Waals surface area contributed by atoms with Gasteiger partial charge in [-0.15, -0.1) is 0 Å². The highest BCUT2D eigenvalue weighted by Crippen LogP contribution is 2.57. The molecule has 0 saturated heterocycles. The number of hydrogen-bond donors (Lipinski definition) is 1. The molecule has 3 unspecified atom stereocenters. The molecule has 0 heterocycles. The van der Waals surface area contributed by atoms with Crippen molar-refractivity contribution in [2.75, 3.05) is 26.8 Å². The van der Waals surface area contributed by atoms with Crippen LogP contribution in [0.15, 0.2) is 0 Å². The monoisotopic (exact) mass is 253 g/mol. The smallest absolute Gasteiger partial charge is 0.0471 e. The Hall–Kier alpha value is -0.0800. The van der Waals surface area contributed by atoms with Gasteiger partial charge >= 0.3 is 0 Å². The van der Waals surface area contributed by atoms with E-state index in [9.17, 15) is 0 Å². The van der Waals surface area contributed by atoms with Gasteiger partial charge in [0.25, 0.3) is 0 Å². The molecule has 1 N–H and O–H groups in total. The summed E-state index contributed by atoms with van der Waals surface area (Å²) in [4.78, 5) is 0. The topological polar surface area (TPSA) is 21.3 Å². The third-order valence-corrected chi connectivity index (χ3v) is 5.22. The predicted molar refractivity (Wildman–Crippen MR) is 76.7 cm³/mol. The largest absolute Gasteiger partial charge is 0.381 e. The molecule has 3 atom stereocenters. The van der Waals surface area contributed by atoms with E-state index in [0.29, 0.717) is 5.41 Å². The second kappa shape index (κ2) is 6.38. The lowest BCUT2D eigenvalue weighted by Gasteiger charge is -2.38. The minimum Gasteiger partial charge on any atom is -0.381 e. The maximum atomic E-state index is 5.86. The Morgan fingerprint density at radius 2 is 2.11 bits per heavy atom. The molecule has 2 nitrogen and oxygen atoms in total. The fourth-order valence-electron chi connectivity index (χ4n) is 4.22. The number of rotatable bonds is 8. The first kappa shape index (κ1) is 14.3. The Kier molecular flexibility index (Phi) is 5.08. The lowest BCUT2D eigenvalue weighted by Crippen LogP contribution is -2.38. The van der Waals surface area contributed by atoms with Crippen molar-refractivity contribution < 1.29 is 4.74 Å². The van der Waals surface area contributed by atoms with Gasteiger partial charge in [-0.3, -0.25) is 0 Å². The Morgan fingerprint density at radius 1 is 1.28 bits per heavy atom. The molecule has 0 amide bonds.